The maximum absolute atomic E-state index is 13.4. The van der Waals surface area contributed by atoms with Crippen LogP contribution < -0.4 is 14.8 Å². The van der Waals surface area contributed by atoms with Gasteiger partial charge in [-0.1, -0.05) is 19.1 Å². The summed E-state index contributed by atoms with van der Waals surface area (Å²) in [6, 6.07) is 10.6. The third kappa shape index (κ3) is 4.12. The van der Waals surface area contributed by atoms with Crippen LogP contribution in [-0.2, 0) is 0 Å². The summed E-state index contributed by atoms with van der Waals surface area (Å²) in [6.07, 6.45) is 2.89. The van der Waals surface area contributed by atoms with E-state index in [1.54, 1.807) is 24.9 Å². The molecular formula is C23H28N2O4S. The maximum Gasteiger partial charge on any atom is 0.264 e. The molecule has 2 amide bonds. The van der Waals surface area contributed by atoms with Crippen LogP contribution in [0.2, 0.25) is 0 Å². The number of ether oxygens (including phenoxy) is 2. The monoisotopic (exact) mass is 428 g/mol. The van der Waals surface area contributed by atoms with Crippen LogP contribution in [0.4, 0.5) is 5.69 Å². The average molecular weight is 429 g/mol. The van der Waals surface area contributed by atoms with Crippen LogP contribution in [0.5, 0.6) is 11.5 Å². The minimum Gasteiger partial charge on any atom is -0.493 e. The second kappa shape index (κ2) is 9.89. The number of nitrogens with one attached hydrogen (secondary N) is 1. The summed E-state index contributed by atoms with van der Waals surface area (Å²) in [6.45, 7) is 5.19. The van der Waals surface area contributed by atoms with Crippen molar-refractivity contribution in [1.29, 1.82) is 0 Å². The molecule has 6 nitrogen and oxygen atoms in total. The molecule has 0 radical (unpaired) electrons. The van der Waals surface area contributed by atoms with Crippen molar-refractivity contribution in [3.8, 4) is 11.5 Å². The van der Waals surface area contributed by atoms with Gasteiger partial charge in [0.2, 0.25) is 0 Å². The van der Waals surface area contributed by atoms with E-state index >= 15 is 0 Å². The van der Waals surface area contributed by atoms with Gasteiger partial charge in [0, 0.05) is 18.0 Å². The fraction of sp³-hybridized carbons (Fsp3) is 0.391. The van der Waals surface area contributed by atoms with Gasteiger partial charge in [0.15, 0.2) is 11.5 Å². The molecule has 1 heterocycles. The minimum absolute atomic E-state index is 0.261. The third-order valence-electron chi connectivity index (χ3n) is 5.02. The predicted octanol–water partition coefficient (Wildman–Crippen LogP) is 4.62. The molecule has 1 unspecified atom stereocenters. The highest BCUT2D eigenvalue weighted by molar-refractivity contribution is 7.98. The third-order valence-corrected chi connectivity index (χ3v) is 5.67. The SMILES string of the molecule is CCCNc1cccc2c1C(=O)N(C(CSC)c1ccc(OC)c(OCC)c1)C2=O. The Morgan fingerprint density at radius 3 is 2.57 bits per heavy atom. The van der Waals surface area contributed by atoms with Gasteiger partial charge in [-0.15, -0.1) is 0 Å². The summed E-state index contributed by atoms with van der Waals surface area (Å²) in [5.41, 5.74) is 2.46. The van der Waals surface area contributed by atoms with E-state index < -0.39 is 6.04 Å². The molecular weight excluding hydrogens is 400 g/mol. The molecule has 3 rings (SSSR count). The van der Waals surface area contributed by atoms with E-state index in [1.165, 1.54) is 4.90 Å². The van der Waals surface area contributed by atoms with Crippen LogP contribution >= 0.6 is 11.8 Å². The van der Waals surface area contributed by atoms with E-state index in [2.05, 4.69) is 12.2 Å². The maximum atomic E-state index is 13.4. The first-order valence-electron chi connectivity index (χ1n) is 10.1. The lowest BCUT2D eigenvalue weighted by molar-refractivity contribution is 0.0598. The predicted molar refractivity (Wildman–Crippen MR) is 121 cm³/mol. The second-order valence-corrected chi connectivity index (χ2v) is 7.86. The summed E-state index contributed by atoms with van der Waals surface area (Å²) < 4.78 is 11.1. The van der Waals surface area contributed by atoms with Gasteiger partial charge in [-0.3, -0.25) is 14.5 Å². The van der Waals surface area contributed by atoms with E-state index in [0.717, 1.165) is 18.5 Å². The number of hydrogen-bond acceptors (Lipinski definition) is 6. The number of methoxy groups -OCH3 is 1. The molecule has 1 aliphatic heterocycles. The van der Waals surface area contributed by atoms with Crippen LogP contribution in [0.1, 0.15) is 52.6 Å². The first-order valence-corrected chi connectivity index (χ1v) is 11.5. The van der Waals surface area contributed by atoms with Crippen molar-refractivity contribution in [1.82, 2.24) is 4.90 Å². The Hall–Kier alpha value is -2.67. The van der Waals surface area contributed by atoms with Gasteiger partial charge in [0.25, 0.3) is 11.8 Å². The van der Waals surface area contributed by atoms with Crippen LogP contribution in [0, 0.1) is 0 Å². The number of amides is 2. The van der Waals surface area contributed by atoms with Crippen molar-refractivity contribution in [3.63, 3.8) is 0 Å². The quantitative estimate of drug-likeness (QED) is 0.557. The number of anilines is 1. The molecule has 0 bridgehead atoms. The van der Waals surface area contributed by atoms with Crippen molar-refractivity contribution < 1.29 is 19.1 Å². The molecule has 1 aliphatic rings. The Morgan fingerprint density at radius 1 is 1.10 bits per heavy atom. The van der Waals surface area contributed by atoms with Crippen LogP contribution in [0.3, 0.4) is 0 Å². The van der Waals surface area contributed by atoms with Crippen molar-refractivity contribution >= 4 is 29.3 Å². The Balaban J connectivity index is 2.02. The van der Waals surface area contributed by atoms with Gasteiger partial charge in [-0.25, -0.2) is 0 Å². The van der Waals surface area contributed by atoms with Gasteiger partial charge < -0.3 is 14.8 Å². The number of carbonyl (C=O) groups is 2. The Labute approximate surface area is 181 Å². The molecule has 0 saturated heterocycles. The second-order valence-electron chi connectivity index (χ2n) is 6.95. The topological polar surface area (TPSA) is 67.9 Å². The number of imide groups is 1. The molecule has 0 aliphatic carbocycles. The van der Waals surface area contributed by atoms with Gasteiger partial charge >= 0.3 is 0 Å². The molecule has 2 aromatic rings. The van der Waals surface area contributed by atoms with Gasteiger partial charge in [0.1, 0.15) is 0 Å². The van der Waals surface area contributed by atoms with E-state index in [9.17, 15) is 9.59 Å². The van der Waals surface area contributed by atoms with Gasteiger partial charge in [-0.05, 0) is 49.4 Å². The molecule has 1 atom stereocenters. The molecule has 0 saturated carbocycles. The number of thioether (sulfide) groups is 1. The number of fused-ring (bicyclic) bond motifs is 1. The molecule has 0 aromatic heterocycles. The zero-order valence-electron chi connectivity index (χ0n) is 17.9. The summed E-state index contributed by atoms with van der Waals surface area (Å²) in [5, 5.41) is 3.28. The van der Waals surface area contributed by atoms with E-state index in [1.807, 2.05) is 43.5 Å². The molecule has 2 aromatic carbocycles. The zero-order chi connectivity index (χ0) is 21.7. The molecule has 160 valence electrons. The average Bonchev–Trinajstić information content (AvgIpc) is 3.01. The van der Waals surface area contributed by atoms with Crippen LogP contribution in [0.25, 0.3) is 0 Å². The summed E-state index contributed by atoms with van der Waals surface area (Å²) in [5.74, 6) is 1.29. The molecule has 1 N–H and O–H groups in total. The lowest BCUT2D eigenvalue weighted by Crippen LogP contribution is -2.35. The fourth-order valence-corrected chi connectivity index (χ4v) is 4.30. The normalized spacial score (nSPS) is 13.9. The first kappa shape index (κ1) is 22.0. The largest absolute Gasteiger partial charge is 0.493 e. The van der Waals surface area contributed by atoms with Crippen molar-refractivity contribution in [2.24, 2.45) is 0 Å². The Kier molecular flexibility index (Phi) is 7.26. The van der Waals surface area contributed by atoms with Gasteiger partial charge in [-0.2, -0.15) is 11.8 Å². The summed E-state index contributed by atoms with van der Waals surface area (Å²) >= 11 is 1.59. The Morgan fingerprint density at radius 2 is 1.90 bits per heavy atom. The van der Waals surface area contributed by atoms with E-state index in [4.69, 9.17) is 9.47 Å². The first-order chi connectivity index (χ1) is 14.6. The zero-order valence-corrected chi connectivity index (χ0v) is 18.7. The fourth-order valence-electron chi connectivity index (χ4n) is 3.64. The molecule has 7 heteroatoms. The number of carbonyl (C=O) groups excluding carboxylic acids is 2. The highest BCUT2D eigenvalue weighted by atomic mass is 32.2. The van der Waals surface area contributed by atoms with Crippen molar-refractivity contribution in [2.45, 2.75) is 26.3 Å². The van der Waals surface area contributed by atoms with Crippen LogP contribution in [0.15, 0.2) is 36.4 Å². The highest BCUT2D eigenvalue weighted by Gasteiger charge is 2.42. The number of hydrogen-bond donors (Lipinski definition) is 1. The molecule has 30 heavy (non-hydrogen) atoms. The van der Waals surface area contributed by atoms with Gasteiger partial charge in [0.05, 0.1) is 30.9 Å². The number of nitrogens with zero attached hydrogens (tertiary/aromatic N) is 1. The lowest BCUT2D eigenvalue weighted by atomic mass is 10.1. The van der Waals surface area contributed by atoms with Crippen LogP contribution in [-0.4, -0.2) is 49.0 Å². The van der Waals surface area contributed by atoms with Crippen molar-refractivity contribution in [2.75, 3.05) is 37.6 Å². The number of benzene rings is 2. The Bertz CT molecular complexity index is 931. The summed E-state index contributed by atoms with van der Waals surface area (Å²) in [4.78, 5) is 28.1. The van der Waals surface area contributed by atoms with E-state index in [-0.39, 0.29) is 11.8 Å². The van der Waals surface area contributed by atoms with E-state index in [0.29, 0.717) is 40.7 Å². The standard InChI is InChI=1S/C23H28N2O4S/c1-5-12-24-17-9-7-8-16-21(17)23(27)25(22(16)26)18(14-30-4)15-10-11-19(28-3)20(13-15)29-6-2/h7-11,13,18,24H,5-6,12,14H2,1-4H3. The lowest BCUT2D eigenvalue weighted by Gasteiger charge is -2.27. The number of rotatable bonds is 10. The summed E-state index contributed by atoms with van der Waals surface area (Å²) in [7, 11) is 1.59. The minimum atomic E-state index is -0.406. The molecule has 0 fully saturated rings. The highest BCUT2D eigenvalue weighted by Crippen LogP contribution is 2.38. The van der Waals surface area contributed by atoms with Crippen molar-refractivity contribution in [3.05, 3.63) is 53.1 Å². The molecule has 0 spiro atoms. The smallest absolute Gasteiger partial charge is 0.264 e.